The van der Waals surface area contributed by atoms with Gasteiger partial charge >= 0.3 is 7.82 Å². The molecule has 35 heavy (non-hydrogen) atoms. The highest BCUT2D eigenvalue weighted by Crippen LogP contribution is 2.54. The molecular formula is C24H21O10P. The molecule has 0 aromatic heterocycles. The molecule has 0 N–H and O–H groups in total. The number of phosphoric ester groups is 1. The number of hydrogen-bond acceptors (Lipinski definition) is 10. The molecule has 0 saturated carbocycles. The van der Waals surface area contributed by atoms with Crippen LogP contribution in [0.5, 0.6) is 34.5 Å². The highest BCUT2D eigenvalue weighted by atomic mass is 31.2. The van der Waals surface area contributed by atoms with Gasteiger partial charge in [-0.3, -0.25) is 14.4 Å². The Labute approximate surface area is 200 Å². The maximum atomic E-state index is 13.9. The van der Waals surface area contributed by atoms with E-state index in [4.69, 9.17) is 27.8 Å². The van der Waals surface area contributed by atoms with Gasteiger partial charge in [-0.1, -0.05) is 0 Å². The summed E-state index contributed by atoms with van der Waals surface area (Å²) in [7, 11) is -0.564. The Hall–Kier alpha value is -4.30. The van der Waals surface area contributed by atoms with E-state index < -0.39 is 7.82 Å². The molecule has 0 radical (unpaired) electrons. The average Bonchev–Trinajstić information content (AvgIpc) is 2.89. The summed E-state index contributed by atoms with van der Waals surface area (Å²) in [6.45, 7) is 0. The van der Waals surface area contributed by atoms with Crippen molar-refractivity contribution < 1.29 is 46.7 Å². The van der Waals surface area contributed by atoms with Crippen LogP contribution in [0, 0.1) is 0 Å². The average molecular weight is 500 g/mol. The van der Waals surface area contributed by atoms with E-state index in [9.17, 15) is 18.9 Å². The van der Waals surface area contributed by atoms with Crippen molar-refractivity contribution in [2.24, 2.45) is 0 Å². The number of carbonyl (C=O) groups excluding carboxylic acids is 3. The fraction of sp³-hybridized carbons (Fsp3) is 0.125. The van der Waals surface area contributed by atoms with E-state index >= 15 is 0 Å². The molecule has 0 fully saturated rings. The second-order valence-corrected chi connectivity index (χ2v) is 8.25. The number of methoxy groups -OCH3 is 3. The minimum Gasteiger partial charge on any atom is -0.493 e. The molecule has 0 amide bonds. The number of carbonyl (C=O) groups is 3. The number of ether oxygens (including phenoxy) is 3. The normalized spacial score (nSPS) is 10.6. The molecule has 11 heteroatoms. The minimum atomic E-state index is -4.58. The Balaban J connectivity index is 2.08. The van der Waals surface area contributed by atoms with Crippen molar-refractivity contribution >= 4 is 26.7 Å². The Bertz CT molecular complexity index is 1130. The van der Waals surface area contributed by atoms with Crippen molar-refractivity contribution in [3.63, 3.8) is 0 Å². The monoisotopic (exact) mass is 500 g/mol. The summed E-state index contributed by atoms with van der Waals surface area (Å²) >= 11 is 0. The van der Waals surface area contributed by atoms with E-state index in [1.54, 1.807) is 0 Å². The quantitative estimate of drug-likeness (QED) is 0.253. The van der Waals surface area contributed by atoms with Crippen LogP contribution in [0.3, 0.4) is 0 Å². The number of phosphoric acid groups is 1. The lowest BCUT2D eigenvalue weighted by Gasteiger charge is -2.22. The number of hydrogen-bond donors (Lipinski definition) is 0. The van der Waals surface area contributed by atoms with Crippen molar-refractivity contribution in [1.29, 1.82) is 0 Å². The molecule has 0 saturated heterocycles. The molecule has 0 aliphatic carbocycles. The van der Waals surface area contributed by atoms with Crippen LogP contribution in [0.15, 0.2) is 54.6 Å². The van der Waals surface area contributed by atoms with Crippen LogP contribution in [-0.4, -0.2) is 40.2 Å². The Morgan fingerprint density at radius 1 is 0.514 bits per heavy atom. The zero-order chi connectivity index (χ0) is 25.4. The van der Waals surface area contributed by atoms with Gasteiger partial charge in [0.15, 0.2) is 34.5 Å². The van der Waals surface area contributed by atoms with E-state index in [1.165, 1.54) is 75.9 Å². The largest absolute Gasteiger partial charge is 0.647 e. The van der Waals surface area contributed by atoms with E-state index in [0.717, 1.165) is 0 Å². The van der Waals surface area contributed by atoms with Crippen molar-refractivity contribution in [3.05, 3.63) is 71.3 Å². The van der Waals surface area contributed by atoms with Gasteiger partial charge in [0.2, 0.25) is 0 Å². The molecule has 182 valence electrons. The highest BCUT2D eigenvalue weighted by molar-refractivity contribution is 7.49. The third-order valence-corrected chi connectivity index (χ3v) is 5.86. The Kier molecular flexibility index (Phi) is 8.12. The highest BCUT2D eigenvalue weighted by Gasteiger charge is 2.36. The first-order valence-electron chi connectivity index (χ1n) is 9.97. The number of rotatable bonds is 12. The standard InChI is InChI=1S/C24H21O10P/c1-29-22-10-16(13-25)4-7-19(22)32-35(28,33-20-8-5-17(14-26)11-23(20)30-2)34-21-9-6-18(15-27)12-24(21)31-3/h4-15H,1-3H3. The third-order valence-electron chi connectivity index (χ3n) is 4.60. The van der Waals surface area contributed by atoms with Crippen LogP contribution in [0.2, 0.25) is 0 Å². The van der Waals surface area contributed by atoms with Crippen LogP contribution in [0.1, 0.15) is 31.1 Å². The maximum Gasteiger partial charge on any atom is 0.647 e. The van der Waals surface area contributed by atoms with Gasteiger partial charge in [0, 0.05) is 16.7 Å². The summed E-state index contributed by atoms with van der Waals surface area (Å²) in [5.41, 5.74) is 0.884. The first-order chi connectivity index (χ1) is 16.9. The second kappa shape index (κ2) is 11.2. The molecule has 0 aliphatic rings. The van der Waals surface area contributed by atoms with Gasteiger partial charge in [0.25, 0.3) is 0 Å². The molecule has 0 heterocycles. The summed E-state index contributed by atoms with van der Waals surface area (Å²) in [4.78, 5) is 33.4. The van der Waals surface area contributed by atoms with Crippen LogP contribution < -0.4 is 27.8 Å². The molecule has 0 spiro atoms. The van der Waals surface area contributed by atoms with Gasteiger partial charge < -0.3 is 27.8 Å². The van der Waals surface area contributed by atoms with E-state index in [-0.39, 0.29) is 34.5 Å². The molecular weight excluding hydrogens is 479 g/mol. The summed E-state index contributed by atoms with van der Waals surface area (Å²) in [5, 5.41) is 0. The molecule has 3 aromatic rings. The van der Waals surface area contributed by atoms with Gasteiger partial charge in [-0.2, -0.15) is 4.57 Å². The lowest BCUT2D eigenvalue weighted by atomic mass is 10.2. The summed E-state index contributed by atoms with van der Waals surface area (Å²) in [5.74, 6) is 0.130. The van der Waals surface area contributed by atoms with Crippen LogP contribution >= 0.6 is 7.82 Å². The molecule has 10 nitrogen and oxygen atoms in total. The summed E-state index contributed by atoms with van der Waals surface area (Å²) in [6, 6.07) is 12.5. The Morgan fingerprint density at radius 3 is 1.03 bits per heavy atom. The predicted octanol–water partition coefficient (Wildman–Crippen LogP) is 4.79. The van der Waals surface area contributed by atoms with Crippen LogP contribution in [-0.2, 0) is 4.57 Å². The predicted molar refractivity (Wildman–Crippen MR) is 125 cm³/mol. The lowest BCUT2D eigenvalue weighted by molar-refractivity contribution is 0.111. The fourth-order valence-corrected chi connectivity index (χ4v) is 4.20. The SMILES string of the molecule is COc1cc(C=O)ccc1OP(=O)(Oc1ccc(C=O)cc1OC)Oc1ccc(C=O)cc1OC. The van der Waals surface area contributed by atoms with Crippen molar-refractivity contribution in [2.45, 2.75) is 0 Å². The van der Waals surface area contributed by atoms with Gasteiger partial charge in [0.05, 0.1) is 21.3 Å². The Morgan fingerprint density at radius 2 is 0.800 bits per heavy atom. The second-order valence-electron chi connectivity index (χ2n) is 6.81. The van der Waals surface area contributed by atoms with E-state index in [0.29, 0.717) is 35.5 Å². The number of aldehydes is 3. The van der Waals surface area contributed by atoms with Crippen molar-refractivity contribution in [1.82, 2.24) is 0 Å². The smallest absolute Gasteiger partial charge is 0.493 e. The molecule has 3 aromatic carbocycles. The van der Waals surface area contributed by atoms with Gasteiger partial charge in [-0.25, -0.2) is 0 Å². The molecule has 3 rings (SSSR count). The zero-order valence-corrected chi connectivity index (χ0v) is 19.9. The molecule has 0 unspecified atom stereocenters. The van der Waals surface area contributed by atoms with Crippen LogP contribution in [0.25, 0.3) is 0 Å². The fourth-order valence-electron chi connectivity index (χ4n) is 2.92. The first kappa shape index (κ1) is 25.3. The number of benzene rings is 3. The van der Waals surface area contributed by atoms with Crippen molar-refractivity contribution in [3.8, 4) is 34.5 Å². The maximum absolute atomic E-state index is 13.9. The van der Waals surface area contributed by atoms with Gasteiger partial charge in [0.1, 0.15) is 18.9 Å². The lowest BCUT2D eigenvalue weighted by Crippen LogP contribution is -2.10. The zero-order valence-electron chi connectivity index (χ0n) is 19.0. The summed E-state index contributed by atoms with van der Waals surface area (Å²) in [6.07, 6.45) is 1.83. The van der Waals surface area contributed by atoms with E-state index in [2.05, 4.69) is 0 Å². The van der Waals surface area contributed by atoms with Gasteiger partial charge in [-0.15, -0.1) is 0 Å². The van der Waals surface area contributed by atoms with E-state index in [1.807, 2.05) is 0 Å². The topological polar surface area (TPSA) is 124 Å². The molecule has 0 bridgehead atoms. The minimum absolute atomic E-state index is 0.0478. The summed E-state index contributed by atoms with van der Waals surface area (Å²) < 4.78 is 46.7. The molecule has 0 atom stereocenters. The van der Waals surface area contributed by atoms with Crippen molar-refractivity contribution in [2.75, 3.05) is 21.3 Å². The molecule has 0 aliphatic heterocycles. The first-order valence-corrected chi connectivity index (χ1v) is 11.4. The van der Waals surface area contributed by atoms with Gasteiger partial charge in [-0.05, 0) is 54.6 Å². The third kappa shape index (κ3) is 5.99. The van der Waals surface area contributed by atoms with Crippen LogP contribution in [0.4, 0.5) is 0 Å².